The number of carbonyl (C=O) groups excluding carboxylic acids is 1. The smallest absolute Gasteiger partial charge is 0.175 e. The van der Waals surface area contributed by atoms with Crippen LogP contribution < -0.4 is 10.1 Å². The number of allylic oxidation sites excluding steroid dienone is 3. The van der Waals surface area contributed by atoms with Crippen LogP contribution in [-0.4, -0.2) is 25.0 Å². The number of phenolic OH excluding ortho intramolecular Hbond substituents is 1. The third-order valence-corrected chi connectivity index (χ3v) is 4.46. The Bertz CT molecular complexity index is 838. The summed E-state index contributed by atoms with van der Waals surface area (Å²) in [5.41, 5.74) is 4.00. The van der Waals surface area contributed by atoms with Gasteiger partial charge in [0.2, 0.25) is 0 Å². The van der Waals surface area contributed by atoms with Gasteiger partial charge in [0.05, 0.1) is 12.8 Å². The van der Waals surface area contributed by atoms with E-state index in [9.17, 15) is 9.90 Å². The number of likely N-dealkylation sites (N-methyl/N-ethyl adjacent to an activating group) is 1. The standard InChI is InChI=1S/C22H25NO3/c1-14(17-9-7-6-8-10-17)21(22(23-4)16(3)24)15(2)18-11-12-19(25)20(13-18)26-5/h6-13,15,23,25H,1H2,2-5H3/b22-21+. The van der Waals surface area contributed by atoms with Crippen LogP contribution in [0.5, 0.6) is 11.5 Å². The van der Waals surface area contributed by atoms with Gasteiger partial charge in [0.1, 0.15) is 0 Å². The van der Waals surface area contributed by atoms with E-state index in [-0.39, 0.29) is 17.5 Å². The van der Waals surface area contributed by atoms with Crippen molar-refractivity contribution in [3.05, 3.63) is 77.5 Å². The Labute approximate surface area is 154 Å². The summed E-state index contributed by atoms with van der Waals surface area (Å²) in [4.78, 5) is 12.2. The van der Waals surface area contributed by atoms with Gasteiger partial charge < -0.3 is 15.2 Å². The van der Waals surface area contributed by atoms with Crippen LogP contribution in [0.1, 0.15) is 30.9 Å². The molecular formula is C22H25NO3. The molecule has 4 heteroatoms. The maximum Gasteiger partial charge on any atom is 0.175 e. The Morgan fingerprint density at radius 2 is 1.85 bits per heavy atom. The van der Waals surface area contributed by atoms with Gasteiger partial charge in [-0.25, -0.2) is 0 Å². The van der Waals surface area contributed by atoms with Gasteiger partial charge in [-0.2, -0.15) is 0 Å². The Kier molecular flexibility index (Phi) is 6.23. The summed E-state index contributed by atoms with van der Waals surface area (Å²) in [5, 5.41) is 12.9. The number of aromatic hydroxyl groups is 1. The number of phenols is 1. The lowest BCUT2D eigenvalue weighted by Gasteiger charge is -2.23. The van der Waals surface area contributed by atoms with Crippen LogP contribution in [0.15, 0.2) is 66.4 Å². The number of Topliss-reactive ketones (excluding diaryl/α,β-unsaturated/α-hetero) is 1. The van der Waals surface area contributed by atoms with E-state index in [1.54, 1.807) is 19.2 Å². The summed E-state index contributed by atoms with van der Waals surface area (Å²) < 4.78 is 5.22. The van der Waals surface area contributed by atoms with Crippen molar-refractivity contribution >= 4 is 11.4 Å². The van der Waals surface area contributed by atoms with Crippen LogP contribution in [0, 0.1) is 0 Å². The van der Waals surface area contributed by atoms with Crippen molar-refractivity contribution in [2.24, 2.45) is 0 Å². The molecule has 0 heterocycles. The van der Waals surface area contributed by atoms with Crippen LogP contribution in [-0.2, 0) is 4.79 Å². The Morgan fingerprint density at radius 1 is 1.19 bits per heavy atom. The molecule has 4 nitrogen and oxygen atoms in total. The molecule has 0 bridgehead atoms. The third-order valence-electron chi connectivity index (χ3n) is 4.46. The fourth-order valence-corrected chi connectivity index (χ4v) is 3.05. The molecule has 0 fully saturated rings. The van der Waals surface area contributed by atoms with Gasteiger partial charge in [-0.15, -0.1) is 0 Å². The number of ketones is 1. The average molecular weight is 351 g/mol. The van der Waals surface area contributed by atoms with Crippen molar-refractivity contribution in [2.45, 2.75) is 19.8 Å². The van der Waals surface area contributed by atoms with E-state index in [1.807, 2.05) is 43.3 Å². The van der Waals surface area contributed by atoms with Crippen LogP contribution in [0.2, 0.25) is 0 Å². The highest BCUT2D eigenvalue weighted by molar-refractivity contribution is 5.98. The predicted octanol–water partition coefficient (Wildman–Crippen LogP) is 4.28. The number of hydrogen-bond acceptors (Lipinski definition) is 4. The lowest BCUT2D eigenvalue weighted by molar-refractivity contribution is -0.114. The molecule has 2 N–H and O–H groups in total. The zero-order valence-corrected chi connectivity index (χ0v) is 15.7. The Balaban J connectivity index is 2.61. The average Bonchev–Trinajstić information content (AvgIpc) is 2.65. The van der Waals surface area contributed by atoms with Gasteiger partial charge in [0.15, 0.2) is 17.3 Å². The maximum atomic E-state index is 12.2. The van der Waals surface area contributed by atoms with Gasteiger partial charge in [-0.3, -0.25) is 4.79 Å². The molecule has 0 aliphatic rings. The molecule has 0 aromatic heterocycles. The quantitative estimate of drug-likeness (QED) is 0.577. The molecule has 2 aromatic rings. The minimum atomic E-state index is -0.136. The number of methoxy groups -OCH3 is 1. The summed E-state index contributed by atoms with van der Waals surface area (Å²) in [7, 11) is 3.25. The van der Waals surface area contributed by atoms with Crippen molar-refractivity contribution in [3.8, 4) is 11.5 Å². The molecule has 2 aromatic carbocycles. The van der Waals surface area contributed by atoms with Gasteiger partial charge in [-0.1, -0.05) is 49.9 Å². The second-order valence-electron chi connectivity index (χ2n) is 6.09. The van der Waals surface area contributed by atoms with Crippen molar-refractivity contribution in [3.63, 3.8) is 0 Å². The number of carbonyl (C=O) groups is 1. The minimum Gasteiger partial charge on any atom is -0.504 e. The topological polar surface area (TPSA) is 58.6 Å². The SMILES string of the molecule is C=C(/C(=C(\NC)C(C)=O)C(C)c1ccc(O)c(OC)c1)c1ccccc1. The van der Waals surface area contributed by atoms with E-state index in [2.05, 4.69) is 11.9 Å². The van der Waals surface area contributed by atoms with Crippen molar-refractivity contribution in [1.29, 1.82) is 0 Å². The lowest BCUT2D eigenvalue weighted by atomic mass is 9.83. The molecular weight excluding hydrogens is 326 g/mol. The van der Waals surface area contributed by atoms with E-state index >= 15 is 0 Å². The summed E-state index contributed by atoms with van der Waals surface area (Å²) >= 11 is 0. The number of ether oxygens (including phenoxy) is 1. The second-order valence-corrected chi connectivity index (χ2v) is 6.09. The van der Waals surface area contributed by atoms with E-state index in [0.29, 0.717) is 11.4 Å². The largest absolute Gasteiger partial charge is 0.504 e. The molecule has 0 amide bonds. The molecule has 0 saturated heterocycles. The van der Waals surface area contributed by atoms with Crippen molar-refractivity contribution in [1.82, 2.24) is 5.32 Å². The third kappa shape index (κ3) is 3.97. The second kappa shape index (κ2) is 8.39. The van der Waals surface area contributed by atoms with E-state index < -0.39 is 0 Å². The number of nitrogens with one attached hydrogen (secondary N) is 1. The molecule has 1 atom stereocenters. The summed E-state index contributed by atoms with van der Waals surface area (Å²) in [6.45, 7) is 7.80. The number of benzene rings is 2. The number of hydrogen-bond donors (Lipinski definition) is 2. The van der Waals surface area contributed by atoms with E-state index in [0.717, 1.165) is 22.3 Å². The first-order valence-corrected chi connectivity index (χ1v) is 8.45. The highest BCUT2D eigenvalue weighted by atomic mass is 16.5. The first-order chi connectivity index (χ1) is 12.4. The summed E-state index contributed by atoms with van der Waals surface area (Å²) in [6, 6.07) is 15.0. The van der Waals surface area contributed by atoms with Crippen LogP contribution in [0.25, 0.3) is 5.57 Å². The molecule has 0 spiro atoms. The number of rotatable bonds is 7. The zero-order valence-electron chi connectivity index (χ0n) is 15.7. The molecule has 26 heavy (non-hydrogen) atoms. The molecule has 0 aliphatic carbocycles. The molecule has 0 saturated carbocycles. The molecule has 0 radical (unpaired) electrons. The van der Waals surface area contributed by atoms with Gasteiger partial charge in [0, 0.05) is 19.9 Å². The van der Waals surface area contributed by atoms with Crippen LogP contribution in [0.4, 0.5) is 0 Å². The normalized spacial score (nSPS) is 12.8. The predicted molar refractivity (Wildman–Crippen MR) is 105 cm³/mol. The maximum absolute atomic E-state index is 12.2. The highest BCUT2D eigenvalue weighted by Gasteiger charge is 2.22. The van der Waals surface area contributed by atoms with Crippen LogP contribution >= 0.6 is 0 Å². The molecule has 2 rings (SSSR count). The first-order valence-electron chi connectivity index (χ1n) is 8.45. The molecule has 0 aliphatic heterocycles. The fraction of sp³-hybridized carbons (Fsp3) is 0.227. The highest BCUT2D eigenvalue weighted by Crippen LogP contribution is 2.38. The minimum absolute atomic E-state index is 0.0582. The van der Waals surface area contributed by atoms with Crippen LogP contribution in [0.3, 0.4) is 0 Å². The van der Waals surface area contributed by atoms with E-state index in [4.69, 9.17) is 4.74 Å². The Hall–Kier alpha value is -3.01. The molecule has 1 unspecified atom stereocenters. The first kappa shape index (κ1) is 19.3. The van der Waals surface area contributed by atoms with E-state index in [1.165, 1.54) is 14.0 Å². The van der Waals surface area contributed by atoms with Gasteiger partial charge in [0.25, 0.3) is 0 Å². The van der Waals surface area contributed by atoms with Gasteiger partial charge in [-0.05, 0) is 34.4 Å². The van der Waals surface area contributed by atoms with Crippen molar-refractivity contribution < 1.29 is 14.6 Å². The molecule has 136 valence electrons. The lowest BCUT2D eigenvalue weighted by Crippen LogP contribution is -2.19. The van der Waals surface area contributed by atoms with Crippen molar-refractivity contribution in [2.75, 3.05) is 14.2 Å². The Morgan fingerprint density at radius 3 is 2.38 bits per heavy atom. The monoisotopic (exact) mass is 351 g/mol. The summed E-state index contributed by atoms with van der Waals surface area (Å²) in [6.07, 6.45) is 0. The fourth-order valence-electron chi connectivity index (χ4n) is 3.05. The zero-order chi connectivity index (χ0) is 19.3. The summed E-state index contributed by atoms with van der Waals surface area (Å²) in [5.74, 6) is 0.282. The van der Waals surface area contributed by atoms with Gasteiger partial charge >= 0.3 is 0 Å².